The number of nitrogens with zero attached hydrogens (tertiary/aromatic N) is 3. The zero-order valence-corrected chi connectivity index (χ0v) is 21.6. The van der Waals surface area contributed by atoms with Crippen LogP contribution in [0.1, 0.15) is 80.9 Å². The van der Waals surface area contributed by atoms with E-state index in [2.05, 4.69) is 10.4 Å². The molecule has 4 rings (SSSR count). The maximum Gasteiger partial charge on any atom is 0.305 e. The summed E-state index contributed by atoms with van der Waals surface area (Å²) >= 11 is 0. The highest BCUT2D eigenvalue weighted by Gasteiger charge is 2.40. The van der Waals surface area contributed by atoms with Crippen LogP contribution < -0.4 is 5.32 Å². The number of halogens is 4. The molecule has 2 aliphatic rings. The van der Waals surface area contributed by atoms with Crippen molar-refractivity contribution in [2.24, 2.45) is 0 Å². The molecule has 1 amide bonds. The fourth-order valence-corrected chi connectivity index (χ4v) is 5.59. The molecule has 1 aliphatic carbocycles. The number of aromatic nitrogens is 2. The topological polar surface area (TPSA) is 87.5 Å². The van der Waals surface area contributed by atoms with E-state index < -0.39 is 36.3 Å². The van der Waals surface area contributed by atoms with Crippen molar-refractivity contribution in [3.8, 4) is 11.3 Å². The summed E-state index contributed by atoms with van der Waals surface area (Å²) < 4.78 is 57.9. The number of amides is 1. The zero-order valence-electron chi connectivity index (χ0n) is 21.6. The average molecular weight is 539 g/mol. The van der Waals surface area contributed by atoms with Crippen LogP contribution in [0, 0.1) is 0 Å². The van der Waals surface area contributed by atoms with Gasteiger partial charge in [0.15, 0.2) is 5.69 Å². The molecule has 2 aromatic rings. The van der Waals surface area contributed by atoms with Gasteiger partial charge in [-0.15, -0.1) is 0 Å². The molecule has 1 aliphatic heterocycles. The van der Waals surface area contributed by atoms with E-state index in [4.69, 9.17) is 0 Å². The minimum absolute atomic E-state index is 0.00290. The molecule has 1 aromatic carbocycles. The first kappa shape index (κ1) is 28.1. The number of carboxylic acids is 1. The molecule has 2 unspecified atom stereocenters. The second-order valence-corrected chi connectivity index (χ2v) is 10.7. The third-order valence-corrected chi connectivity index (χ3v) is 7.52. The SMILES string of the molecule is CC(CC(CC(=O)O)NC(=O)c1cc(-c2ccccc2C(C)(F)F)n(C2CCCC2)n1)N1CCC(F)(F)C1. The van der Waals surface area contributed by atoms with Gasteiger partial charge in [-0.1, -0.05) is 37.1 Å². The predicted molar refractivity (Wildman–Crippen MR) is 133 cm³/mol. The quantitative estimate of drug-likeness (QED) is 0.392. The van der Waals surface area contributed by atoms with Crippen molar-refractivity contribution >= 4 is 11.9 Å². The number of likely N-dealkylation sites (tertiary alicyclic amines) is 1. The first-order valence-corrected chi connectivity index (χ1v) is 13.1. The number of aliphatic carboxylic acids is 1. The molecule has 2 atom stereocenters. The van der Waals surface area contributed by atoms with Crippen LogP contribution in [0.4, 0.5) is 17.6 Å². The van der Waals surface area contributed by atoms with Crippen LogP contribution in [0.2, 0.25) is 0 Å². The molecule has 0 spiro atoms. The van der Waals surface area contributed by atoms with E-state index >= 15 is 0 Å². The number of carbonyl (C=O) groups excluding carboxylic acids is 1. The Bertz CT molecular complexity index is 1160. The Balaban J connectivity index is 1.60. The second kappa shape index (κ2) is 11.0. The highest BCUT2D eigenvalue weighted by atomic mass is 19.3. The van der Waals surface area contributed by atoms with Crippen molar-refractivity contribution in [3.63, 3.8) is 0 Å². The molecule has 0 radical (unpaired) electrons. The van der Waals surface area contributed by atoms with E-state index in [1.807, 2.05) is 0 Å². The lowest BCUT2D eigenvalue weighted by atomic mass is 9.99. The van der Waals surface area contributed by atoms with Crippen LogP contribution in [-0.2, 0) is 10.7 Å². The molecule has 1 aromatic heterocycles. The average Bonchev–Trinajstić information content (AvgIpc) is 3.57. The number of hydrogen-bond acceptors (Lipinski definition) is 4. The number of carbonyl (C=O) groups is 2. The van der Waals surface area contributed by atoms with Gasteiger partial charge in [0.1, 0.15) is 0 Å². The van der Waals surface area contributed by atoms with Crippen molar-refractivity contribution < 1.29 is 32.3 Å². The first-order chi connectivity index (χ1) is 17.8. The molecule has 208 valence electrons. The van der Waals surface area contributed by atoms with Gasteiger partial charge in [-0.05, 0) is 32.3 Å². The molecule has 1 saturated heterocycles. The van der Waals surface area contributed by atoms with Crippen LogP contribution >= 0.6 is 0 Å². The molecule has 0 bridgehead atoms. The Labute approximate surface area is 219 Å². The van der Waals surface area contributed by atoms with Gasteiger partial charge in [-0.2, -0.15) is 5.10 Å². The minimum atomic E-state index is -3.11. The smallest absolute Gasteiger partial charge is 0.305 e. The summed E-state index contributed by atoms with van der Waals surface area (Å²) in [7, 11) is 0. The second-order valence-electron chi connectivity index (χ2n) is 10.7. The molecular weight excluding hydrogens is 504 g/mol. The highest BCUT2D eigenvalue weighted by molar-refractivity contribution is 5.94. The Kier molecular flexibility index (Phi) is 8.15. The number of carboxylic acid groups (broad SMARTS) is 1. The summed E-state index contributed by atoms with van der Waals surface area (Å²) in [5.41, 5.74) is 0.508. The summed E-state index contributed by atoms with van der Waals surface area (Å²) in [6.45, 7) is 2.35. The van der Waals surface area contributed by atoms with Gasteiger partial charge in [0, 0.05) is 43.1 Å². The Morgan fingerprint density at radius 2 is 1.92 bits per heavy atom. The van der Waals surface area contributed by atoms with E-state index in [1.54, 1.807) is 28.6 Å². The molecular formula is C27H34F4N4O3. The third kappa shape index (κ3) is 6.54. The van der Waals surface area contributed by atoms with Gasteiger partial charge in [0.05, 0.1) is 24.7 Å². The van der Waals surface area contributed by atoms with E-state index in [0.717, 1.165) is 32.6 Å². The minimum Gasteiger partial charge on any atom is -0.481 e. The highest BCUT2D eigenvalue weighted by Crippen LogP contribution is 2.39. The van der Waals surface area contributed by atoms with Gasteiger partial charge in [-0.3, -0.25) is 19.2 Å². The Morgan fingerprint density at radius 3 is 2.53 bits per heavy atom. The van der Waals surface area contributed by atoms with Crippen molar-refractivity contribution in [2.75, 3.05) is 13.1 Å². The molecule has 7 nitrogen and oxygen atoms in total. The van der Waals surface area contributed by atoms with E-state index in [1.165, 1.54) is 18.2 Å². The molecule has 2 heterocycles. The lowest BCUT2D eigenvalue weighted by Crippen LogP contribution is -2.43. The van der Waals surface area contributed by atoms with Gasteiger partial charge < -0.3 is 10.4 Å². The van der Waals surface area contributed by atoms with E-state index in [9.17, 15) is 32.3 Å². The molecule has 2 fully saturated rings. The number of nitrogens with one attached hydrogen (secondary N) is 1. The normalized spacial score (nSPS) is 19.9. The monoisotopic (exact) mass is 538 g/mol. The van der Waals surface area contributed by atoms with Crippen LogP contribution in [0.5, 0.6) is 0 Å². The largest absolute Gasteiger partial charge is 0.481 e. The van der Waals surface area contributed by atoms with E-state index in [-0.39, 0.29) is 54.7 Å². The summed E-state index contributed by atoms with van der Waals surface area (Å²) in [6, 6.07) is 6.36. The van der Waals surface area contributed by atoms with Crippen molar-refractivity contribution in [1.29, 1.82) is 0 Å². The van der Waals surface area contributed by atoms with E-state index in [0.29, 0.717) is 5.69 Å². The van der Waals surface area contributed by atoms with Crippen molar-refractivity contribution in [1.82, 2.24) is 20.0 Å². The summed E-state index contributed by atoms with van der Waals surface area (Å²) in [5, 5.41) is 16.6. The Morgan fingerprint density at radius 1 is 1.24 bits per heavy atom. The van der Waals surface area contributed by atoms with Gasteiger partial charge in [0.2, 0.25) is 0 Å². The number of benzene rings is 1. The number of alkyl halides is 4. The van der Waals surface area contributed by atoms with Crippen LogP contribution in [0.15, 0.2) is 30.3 Å². The lowest BCUT2D eigenvalue weighted by Gasteiger charge is -2.28. The molecule has 11 heteroatoms. The summed E-state index contributed by atoms with van der Waals surface area (Å²) in [5.74, 6) is -7.66. The van der Waals surface area contributed by atoms with Crippen molar-refractivity contribution in [3.05, 3.63) is 41.6 Å². The predicted octanol–water partition coefficient (Wildman–Crippen LogP) is 5.47. The van der Waals surface area contributed by atoms with Crippen molar-refractivity contribution in [2.45, 2.75) is 88.8 Å². The zero-order chi connectivity index (χ0) is 27.7. The number of hydrogen-bond donors (Lipinski definition) is 2. The van der Waals surface area contributed by atoms with Gasteiger partial charge >= 0.3 is 5.97 Å². The van der Waals surface area contributed by atoms with Gasteiger partial charge in [0.25, 0.3) is 17.8 Å². The van der Waals surface area contributed by atoms with Crippen LogP contribution in [0.25, 0.3) is 11.3 Å². The molecule has 1 saturated carbocycles. The lowest BCUT2D eigenvalue weighted by molar-refractivity contribution is -0.137. The standard InChI is InChI=1S/C27H34F4N4O3/c1-17(34-12-11-27(30,31)16-34)13-18(14-24(36)37)32-25(38)22-15-23(35(33-22)19-7-3-4-8-19)20-9-5-6-10-21(20)26(2,28)29/h5-6,9-10,15,17-19H,3-4,7-8,11-14,16H2,1-2H3,(H,32,38)(H,36,37). The van der Waals surface area contributed by atoms with Crippen LogP contribution in [-0.4, -0.2) is 62.8 Å². The van der Waals surface area contributed by atoms with Gasteiger partial charge in [-0.25, -0.2) is 17.6 Å². The summed E-state index contributed by atoms with van der Waals surface area (Å²) in [4.78, 5) is 26.4. The van der Waals surface area contributed by atoms with Crippen LogP contribution in [0.3, 0.4) is 0 Å². The molecule has 2 N–H and O–H groups in total. The Hall–Kier alpha value is -2.95. The maximum atomic E-state index is 14.5. The fraction of sp³-hybridized carbons (Fsp3) is 0.593. The fourth-order valence-electron chi connectivity index (χ4n) is 5.59. The first-order valence-electron chi connectivity index (χ1n) is 13.1. The number of rotatable bonds is 10. The summed E-state index contributed by atoms with van der Waals surface area (Å²) in [6.07, 6.45) is 3.06. The molecule has 38 heavy (non-hydrogen) atoms. The third-order valence-electron chi connectivity index (χ3n) is 7.52. The maximum absolute atomic E-state index is 14.5.